The average Bonchev–Trinajstić information content (AvgIpc) is 2.31. The summed E-state index contributed by atoms with van der Waals surface area (Å²) in [6.07, 6.45) is 0.956. The van der Waals surface area contributed by atoms with Crippen LogP contribution in [-0.2, 0) is 10.8 Å². The second kappa shape index (κ2) is 7.27. The topological polar surface area (TPSA) is 34.1 Å². The minimum Gasteiger partial charge on any atom is -0.293 e. The maximum atomic E-state index is 12.0. The molecule has 0 aliphatic rings. The predicted molar refractivity (Wildman–Crippen MR) is 78.1 cm³/mol. The standard InChI is InChI=1S/C13H16Cl2O2S/c1-3-9(2)7-18(17)8-13(16)11-6-10(14)4-5-12(11)15/h4-6,9H,3,7-8H2,1-2H3. The zero-order valence-corrected chi connectivity index (χ0v) is 12.7. The molecule has 0 fully saturated rings. The first-order chi connectivity index (χ1) is 8.43. The zero-order chi connectivity index (χ0) is 13.7. The van der Waals surface area contributed by atoms with Gasteiger partial charge in [0.25, 0.3) is 0 Å². The van der Waals surface area contributed by atoms with Crippen molar-refractivity contribution in [3.8, 4) is 0 Å². The van der Waals surface area contributed by atoms with E-state index in [9.17, 15) is 9.00 Å². The highest BCUT2D eigenvalue weighted by molar-refractivity contribution is 7.85. The molecule has 0 aliphatic heterocycles. The van der Waals surface area contributed by atoms with Crippen molar-refractivity contribution in [1.29, 1.82) is 0 Å². The number of ketones is 1. The summed E-state index contributed by atoms with van der Waals surface area (Å²) < 4.78 is 11.8. The minimum atomic E-state index is -1.15. The molecule has 0 saturated carbocycles. The van der Waals surface area contributed by atoms with Crippen LogP contribution in [0.4, 0.5) is 0 Å². The zero-order valence-electron chi connectivity index (χ0n) is 10.4. The van der Waals surface area contributed by atoms with Gasteiger partial charge in [-0.1, -0.05) is 43.5 Å². The fraction of sp³-hybridized carbons (Fsp3) is 0.462. The first kappa shape index (κ1) is 15.7. The van der Waals surface area contributed by atoms with Crippen LogP contribution in [0.2, 0.25) is 10.0 Å². The van der Waals surface area contributed by atoms with Gasteiger partial charge in [0.2, 0.25) is 0 Å². The van der Waals surface area contributed by atoms with Gasteiger partial charge in [0.15, 0.2) is 5.78 Å². The van der Waals surface area contributed by atoms with Crippen molar-refractivity contribution < 1.29 is 9.00 Å². The summed E-state index contributed by atoms with van der Waals surface area (Å²) in [7, 11) is -1.15. The number of hydrogen-bond donors (Lipinski definition) is 0. The van der Waals surface area contributed by atoms with Gasteiger partial charge >= 0.3 is 0 Å². The van der Waals surface area contributed by atoms with Crippen LogP contribution in [-0.4, -0.2) is 21.5 Å². The van der Waals surface area contributed by atoms with E-state index in [1.807, 2.05) is 13.8 Å². The molecule has 0 saturated heterocycles. The van der Waals surface area contributed by atoms with Gasteiger partial charge < -0.3 is 0 Å². The third-order valence-electron chi connectivity index (χ3n) is 2.69. The summed E-state index contributed by atoms with van der Waals surface area (Å²) >= 11 is 11.7. The van der Waals surface area contributed by atoms with Gasteiger partial charge in [-0.15, -0.1) is 0 Å². The number of carbonyl (C=O) groups is 1. The molecule has 100 valence electrons. The number of rotatable bonds is 6. The number of halogens is 2. The molecule has 2 atom stereocenters. The Morgan fingerprint density at radius 3 is 2.67 bits per heavy atom. The molecule has 1 rings (SSSR count). The summed E-state index contributed by atoms with van der Waals surface area (Å²) in [4.78, 5) is 12.0. The summed E-state index contributed by atoms with van der Waals surface area (Å²) in [6, 6.07) is 4.72. The number of Topliss-reactive ketones (excluding diaryl/α,β-unsaturated/α-hetero) is 1. The fourth-order valence-corrected chi connectivity index (χ4v) is 3.26. The van der Waals surface area contributed by atoms with Gasteiger partial charge in [-0.2, -0.15) is 0 Å². The Bertz CT molecular complexity index is 460. The Morgan fingerprint density at radius 2 is 2.06 bits per heavy atom. The molecule has 2 nitrogen and oxygen atoms in total. The normalized spacial score (nSPS) is 14.2. The molecule has 0 N–H and O–H groups in total. The lowest BCUT2D eigenvalue weighted by atomic mass is 10.1. The molecule has 0 radical (unpaired) electrons. The first-order valence-electron chi connectivity index (χ1n) is 5.77. The Kier molecular flexibility index (Phi) is 6.33. The largest absolute Gasteiger partial charge is 0.293 e. The molecule has 18 heavy (non-hydrogen) atoms. The van der Waals surface area contributed by atoms with Crippen LogP contribution in [0.15, 0.2) is 18.2 Å². The Balaban J connectivity index is 2.71. The van der Waals surface area contributed by atoms with Crippen molar-refractivity contribution in [3.63, 3.8) is 0 Å². The van der Waals surface area contributed by atoms with Crippen LogP contribution in [0.25, 0.3) is 0 Å². The molecule has 0 amide bonds. The van der Waals surface area contributed by atoms with Gasteiger partial charge in [-0.25, -0.2) is 0 Å². The third-order valence-corrected chi connectivity index (χ3v) is 4.78. The monoisotopic (exact) mass is 306 g/mol. The van der Waals surface area contributed by atoms with Gasteiger partial charge in [0, 0.05) is 27.1 Å². The molecule has 5 heteroatoms. The van der Waals surface area contributed by atoms with Crippen molar-refractivity contribution >= 4 is 39.8 Å². The highest BCUT2D eigenvalue weighted by Crippen LogP contribution is 2.21. The lowest BCUT2D eigenvalue weighted by molar-refractivity contribution is 0.102. The van der Waals surface area contributed by atoms with E-state index in [2.05, 4.69) is 0 Å². The van der Waals surface area contributed by atoms with E-state index in [1.54, 1.807) is 12.1 Å². The number of benzene rings is 1. The quantitative estimate of drug-likeness (QED) is 0.745. The van der Waals surface area contributed by atoms with Gasteiger partial charge in [-0.3, -0.25) is 9.00 Å². The van der Waals surface area contributed by atoms with Crippen LogP contribution in [0.5, 0.6) is 0 Å². The van der Waals surface area contributed by atoms with Crippen molar-refractivity contribution in [3.05, 3.63) is 33.8 Å². The van der Waals surface area contributed by atoms with E-state index < -0.39 is 10.8 Å². The molecular formula is C13H16Cl2O2S. The van der Waals surface area contributed by atoms with E-state index in [4.69, 9.17) is 23.2 Å². The number of hydrogen-bond acceptors (Lipinski definition) is 2. The summed E-state index contributed by atoms with van der Waals surface area (Å²) in [5.74, 6) is 0.683. The predicted octanol–water partition coefficient (Wildman–Crippen LogP) is 3.97. The lowest BCUT2D eigenvalue weighted by Gasteiger charge is -2.08. The molecule has 0 aliphatic carbocycles. The second-order valence-corrected chi connectivity index (χ2v) is 6.66. The molecule has 0 heterocycles. The fourth-order valence-electron chi connectivity index (χ4n) is 1.43. The summed E-state index contributed by atoms with van der Waals surface area (Å²) in [5.41, 5.74) is 0.349. The van der Waals surface area contributed by atoms with Crippen LogP contribution >= 0.6 is 23.2 Å². The molecule has 1 aromatic carbocycles. The van der Waals surface area contributed by atoms with Crippen LogP contribution < -0.4 is 0 Å². The smallest absolute Gasteiger partial charge is 0.176 e. The Hall–Kier alpha value is -0.380. The molecule has 0 spiro atoms. The Labute approximate surface area is 120 Å². The summed E-state index contributed by atoms with van der Waals surface area (Å²) in [5, 5.41) is 0.806. The van der Waals surface area contributed by atoms with E-state index in [0.29, 0.717) is 27.3 Å². The number of carbonyl (C=O) groups excluding carboxylic acids is 1. The minimum absolute atomic E-state index is 0.00437. The molecule has 1 aromatic rings. The van der Waals surface area contributed by atoms with Gasteiger partial charge in [-0.05, 0) is 24.1 Å². The van der Waals surface area contributed by atoms with E-state index >= 15 is 0 Å². The average molecular weight is 307 g/mol. The molecule has 0 aromatic heterocycles. The van der Waals surface area contributed by atoms with E-state index in [-0.39, 0.29) is 11.5 Å². The van der Waals surface area contributed by atoms with Gasteiger partial charge in [0.1, 0.15) is 0 Å². The van der Waals surface area contributed by atoms with Gasteiger partial charge in [0.05, 0.1) is 10.8 Å². The molecule has 0 bridgehead atoms. The maximum absolute atomic E-state index is 12.0. The summed E-state index contributed by atoms with van der Waals surface area (Å²) in [6.45, 7) is 4.06. The van der Waals surface area contributed by atoms with Crippen molar-refractivity contribution in [2.45, 2.75) is 20.3 Å². The highest BCUT2D eigenvalue weighted by Gasteiger charge is 2.15. The van der Waals surface area contributed by atoms with Crippen molar-refractivity contribution in [2.75, 3.05) is 11.5 Å². The lowest BCUT2D eigenvalue weighted by Crippen LogP contribution is -2.17. The highest BCUT2D eigenvalue weighted by atomic mass is 35.5. The van der Waals surface area contributed by atoms with E-state index in [0.717, 1.165) is 6.42 Å². The second-order valence-electron chi connectivity index (χ2n) is 4.31. The Morgan fingerprint density at radius 1 is 1.39 bits per heavy atom. The van der Waals surface area contributed by atoms with E-state index in [1.165, 1.54) is 6.07 Å². The van der Waals surface area contributed by atoms with Crippen LogP contribution in [0, 0.1) is 5.92 Å². The third kappa shape index (κ3) is 4.71. The molecule has 2 unspecified atom stereocenters. The van der Waals surface area contributed by atoms with Crippen LogP contribution in [0.3, 0.4) is 0 Å². The first-order valence-corrected chi connectivity index (χ1v) is 8.01. The van der Waals surface area contributed by atoms with Crippen LogP contribution in [0.1, 0.15) is 30.6 Å². The van der Waals surface area contributed by atoms with Crippen molar-refractivity contribution in [1.82, 2.24) is 0 Å². The molecular weight excluding hydrogens is 291 g/mol. The van der Waals surface area contributed by atoms with Crippen molar-refractivity contribution in [2.24, 2.45) is 5.92 Å². The SMILES string of the molecule is CCC(C)CS(=O)CC(=O)c1cc(Cl)ccc1Cl. The maximum Gasteiger partial charge on any atom is 0.176 e.